The van der Waals surface area contributed by atoms with Crippen LogP contribution in [0.15, 0.2) is 48.5 Å². The van der Waals surface area contributed by atoms with E-state index in [1.54, 1.807) is 43.3 Å². The summed E-state index contributed by atoms with van der Waals surface area (Å²) in [4.78, 5) is 48.9. The lowest BCUT2D eigenvalue weighted by Gasteiger charge is -2.18. The number of carbonyl (C=O) groups excluding carboxylic acids is 4. The van der Waals surface area contributed by atoms with Gasteiger partial charge in [0.15, 0.2) is 11.5 Å². The van der Waals surface area contributed by atoms with Crippen LogP contribution in [0.2, 0.25) is 0 Å². The standard InChI is InChI=1S/C29H37NO10/c1-18(2)15-36-28(33)39-24-12-11-21(14-25(24)40-29(34)37-16-19(3)4)13-23(30)27(32)38-20(5)17-35-26(31)22-9-7-6-8-10-22/h6-12,14,18-20,23H,13,15-17,30H2,1-5H3/t20-,23-/m0/s1. The second-order valence-corrected chi connectivity index (χ2v) is 9.92. The van der Waals surface area contributed by atoms with Gasteiger partial charge in [0.25, 0.3) is 0 Å². The highest BCUT2D eigenvalue weighted by Gasteiger charge is 2.22. The molecule has 2 N–H and O–H groups in total. The average molecular weight is 560 g/mol. The predicted octanol–water partition coefficient (Wildman–Crippen LogP) is 4.69. The first kappa shape index (κ1) is 32.1. The number of ether oxygens (including phenoxy) is 6. The van der Waals surface area contributed by atoms with Crippen molar-refractivity contribution in [2.75, 3.05) is 19.8 Å². The number of hydrogen-bond donors (Lipinski definition) is 1. The van der Waals surface area contributed by atoms with Gasteiger partial charge >= 0.3 is 24.2 Å². The minimum absolute atomic E-state index is 0.00480. The number of esters is 2. The van der Waals surface area contributed by atoms with Gasteiger partial charge in [-0.3, -0.25) is 4.79 Å². The molecule has 0 aromatic heterocycles. The monoisotopic (exact) mass is 559 g/mol. The van der Waals surface area contributed by atoms with Crippen molar-refractivity contribution in [3.05, 3.63) is 59.7 Å². The Labute approximate surface area is 233 Å². The van der Waals surface area contributed by atoms with Crippen molar-refractivity contribution in [1.29, 1.82) is 0 Å². The molecule has 0 saturated carbocycles. The van der Waals surface area contributed by atoms with Gasteiger partial charge in [-0.1, -0.05) is 52.0 Å². The van der Waals surface area contributed by atoms with E-state index in [9.17, 15) is 19.2 Å². The number of carbonyl (C=O) groups is 4. The van der Waals surface area contributed by atoms with Gasteiger partial charge in [0.05, 0.1) is 18.8 Å². The van der Waals surface area contributed by atoms with Crippen LogP contribution in [0, 0.1) is 11.8 Å². The third-order valence-electron chi connectivity index (χ3n) is 5.00. The smallest absolute Gasteiger partial charge is 0.458 e. The van der Waals surface area contributed by atoms with Crippen LogP contribution < -0.4 is 15.2 Å². The maximum absolute atomic E-state index is 12.5. The van der Waals surface area contributed by atoms with E-state index >= 15 is 0 Å². The number of hydrogen-bond acceptors (Lipinski definition) is 11. The molecule has 0 aliphatic rings. The van der Waals surface area contributed by atoms with Gasteiger partial charge in [-0.15, -0.1) is 0 Å². The molecule has 2 aromatic rings. The van der Waals surface area contributed by atoms with Crippen molar-refractivity contribution in [2.45, 2.75) is 53.2 Å². The Morgan fingerprint density at radius 1 is 0.725 bits per heavy atom. The summed E-state index contributed by atoms with van der Waals surface area (Å²) in [5.41, 5.74) is 6.91. The summed E-state index contributed by atoms with van der Waals surface area (Å²) < 4.78 is 31.0. The molecule has 2 rings (SSSR count). The van der Waals surface area contributed by atoms with E-state index in [2.05, 4.69) is 0 Å². The normalized spacial score (nSPS) is 12.3. The molecule has 0 saturated heterocycles. The molecule has 0 heterocycles. The molecule has 40 heavy (non-hydrogen) atoms. The van der Waals surface area contributed by atoms with Gasteiger partial charge in [-0.2, -0.15) is 0 Å². The quantitative estimate of drug-likeness (QED) is 0.207. The van der Waals surface area contributed by atoms with E-state index in [-0.39, 0.29) is 49.6 Å². The molecule has 2 atom stereocenters. The summed E-state index contributed by atoms with van der Waals surface area (Å²) in [6.45, 7) is 9.15. The van der Waals surface area contributed by atoms with E-state index in [0.29, 0.717) is 11.1 Å². The van der Waals surface area contributed by atoms with Crippen molar-refractivity contribution < 1.29 is 47.6 Å². The fourth-order valence-corrected chi connectivity index (χ4v) is 3.06. The van der Waals surface area contributed by atoms with Crippen LogP contribution >= 0.6 is 0 Å². The molecule has 0 amide bonds. The topological polar surface area (TPSA) is 150 Å². The largest absolute Gasteiger partial charge is 0.513 e. The minimum atomic E-state index is -1.09. The molecular weight excluding hydrogens is 522 g/mol. The van der Waals surface area contributed by atoms with Crippen molar-refractivity contribution in [3.63, 3.8) is 0 Å². The van der Waals surface area contributed by atoms with E-state index in [4.69, 9.17) is 34.2 Å². The Balaban J connectivity index is 2.01. The Morgan fingerprint density at radius 2 is 1.30 bits per heavy atom. The van der Waals surface area contributed by atoms with Crippen LogP contribution in [0.5, 0.6) is 11.5 Å². The second-order valence-electron chi connectivity index (χ2n) is 9.92. The Bertz CT molecular complexity index is 1130. The van der Waals surface area contributed by atoms with Gasteiger partial charge in [-0.25, -0.2) is 14.4 Å². The van der Waals surface area contributed by atoms with Crippen molar-refractivity contribution >= 4 is 24.2 Å². The fourth-order valence-electron chi connectivity index (χ4n) is 3.06. The van der Waals surface area contributed by atoms with Crippen LogP contribution in [0.3, 0.4) is 0 Å². The van der Waals surface area contributed by atoms with E-state index in [1.165, 1.54) is 12.1 Å². The summed E-state index contributed by atoms with van der Waals surface area (Å²) >= 11 is 0. The predicted molar refractivity (Wildman–Crippen MR) is 144 cm³/mol. The first-order valence-corrected chi connectivity index (χ1v) is 12.9. The van der Waals surface area contributed by atoms with Crippen LogP contribution in [0.4, 0.5) is 9.59 Å². The first-order valence-electron chi connectivity index (χ1n) is 12.9. The zero-order chi connectivity index (χ0) is 29.7. The second kappa shape index (κ2) is 16.1. The molecular formula is C29H37NO10. The lowest BCUT2D eigenvalue weighted by Crippen LogP contribution is -2.37. The Kier molecular flexibility index (Phi) is 12.9. The zero-order valence-corrected chi connectivity index (χ0v) is 23.4. The zero-order valence-electron chi connectivity index (χ0n) is 23.4. The molecule has 0 aliphatic heterocycles. The summed E-state index contributed by atoms with van der Waals surface area (Å²) in [6.07, 6.45) is -2.70. The minimum Gasteiger partial charge on any atom is -0.458 e. The molecule has 11 nitrogen and oxygen atoms in total. The third kappa shape index (κ3) is 11.7. The summed E-state index contributed by atoms with van der Waals surface area (Å²) in [5.74, 6) is -1.29. The summed E-state index contributed by atoms with van der Waals surface area (Å²) in [6, 6.07) is 11.7. The maximum Gasteiger partial charge on any atom is 0.513 e. The molecule has 0 bridgehead atoms. The third-order valence-corrected chi connectivity index (χ3v) is 5.00. The lowest BCUT2D eigenvalue weighted by molar-refractivity contribution is -0.151. The van der Waals surface area contributed by atoms with Gasteiger partial charge in [0.2, 0.25) is 0 Å². The summed E-state index contributed by atoms with van der Waals surface area (Å²) in [7, 11) is 0. The highest BCUT2D eigenvalue weighted by atomic mass is 16.7. The molecule has 0 spiro atoms. The SMILES string of the molecule is CC(C)COC(=O)Oc1ccc(C[C@H](N)C(=O)O[C@@H](C)COC(=O)c2ccccc2)cc1OC(=O)OCC(C)C. The number of benzene rings is 2. The molecule has 0 radical (unpaired) electrons. The number of rotatable bonds is 13. The highest BCUT2D eigenvalue weighted by Crippen LogP contribution is 2.30. The van der Waals surface area contributed by atoms with Crippen LogP contribution in [-0.2, 0) is 30.2 Å². The molecule has 0 fully saturated rings. The molecule has 2 aromatic carbocycles. The van der Waals surface area contributed by atoms with Crippen LogP contribution in [-0.4, -0.2) is 56.2 Å². The van der Waals surface area contributed by atoms with Crippen molar-refractivity contribution in [3.8, 4) is 11.5 Å². The number of nitrogens with two attached hydrogens (primary N) is 1. The lowest BCUT2D eigenvalue weighted by atomic mass is 10.1. The molecule has 218 valence electrons. The Hall–Kier alpha value is -4.12. The van der Waals surface area contributed by atoms with Gasteiger partial charge < -0.3 is 34.2 Å². The Morgan fingerprint density at radius 3 is 1.88 bits per heavy atom. The first-order chi connectivity index (χ1) is 18.9. The van der Waals surface area contributed by atoms with Gasteiger partial charge in [-0.05, 0) is 55.0 Å². The van der Waals surface area contributed by atoms with Gasteiger partial charge in [0.1, 0.15) is 18.8 Å². The van der Waals surface area contributed by atoms with Crippen LogP contribution in [0.25, 0.3) is 0 Å². The molecule has 11 heteroatoms. The molecule has 0 unspecified atom stereocenters. The van der Waals surface area contributed by atoms with E-state index < -0.39 is 36.4 Å². The van der Waals surface area contributed by atoms with Crippen LogP contribution in [0.1, 0.15) is 50.5 Å². The fraction of sp³-hybridized carbons (Fsp3) is 0.448. The maximum atomic E-state index is 12.5. The average Bonchev–Trinajstić information content (AvgIpc) is 2.91. The van der Waals surface area contributed by atoms with E-state index in [0.717, 1.165) is 0 Å². The summed E-state index contributed by atoms with van der Waals surface area (Å²) in [5, 5.41) is 0. The van der Waals surface area contributed by atoms with E-state index in [1.807, 2.05) is 27.7 Å². The van der Waals surface area contributed by atoms with Crippen molar-refractivity contribution in [2.24, 2.45) is 17.6 Å². The van der Waals surface area contributed by atoms with Crippen molar-refractivity contribution in [1.82, 2.24) is 0 Å². The highest BCUT2D eigenvalue weighted by molar-refractivity contribution is 5.89. The van der Waals surface area contributed by atoms with Gasteiger partial charge in [0, 0.05) is 0 Å². The molecule has 0 aliphatic carbocycles.